The first-order chi connectivity index (χ1) is 39.5. The fourth-order valence-corrected chi connectivity index (χ4v) is 9.71. The zero-order valence-corrected chi connectivity index (χ0v) is 52.8. The Balaban J connectivity index is 4.39. The van der Waals surface area contributed by atoms with Gasteiger partial charge in [0.15, 0.2) is 6.10 Å². The number of carbonyl (C=O) groups excluding carboxylic acids is 3. The second-order valence-corrected chi connectivity index (χ2v) is 22.7. The van der Waals surface area contributed by atoms with Gasteiger partial charge in [0, 0.05) is 19.3 Å². The molecule has 0 fully saturated rings. The molecule has 0 radical (unpaired) electrons. The fourth-order valence-electron chi connectivity index (χ4n) is 9.71. The average Bonchev–Trinajstić information content (AvgIpc) is 3.46. The van der Waals surface area contributed by atoms with Crippen LogP contribution in [0.25, 0.3) is 0 Å². The van der Waals surface area contributed by atoms with E-state index in [1.165, 1.54) is 167 Å². The van der Waals surface area contributed by atoms with Gasteiger partial charge in [-0.25, -0.2) is 0 Å². The third-order valence-corrected chi connectivity index (χ3v) is 14.8. The largest absolute Gasteiger partial charge is 0.462 e. The van der Waals surface area contributed by atoms with E-state index in [1.54, 1.807) is 0 Å². The zero-order valence-electron chi connectivity index (χ0n) is 52.8. The van der Waals surface area contributed by atoms with Crippen LogP contribution < -0.4 is 0 Å². The standard InChI is InChI=1S/C74H128O6/c1-4-7-10-13-16-19-22-25-28-31-33-34-35-36-37-38-39-40-42-43-46-49-52-55-58-61-64-67-73(76)79-70-71(69-78-72(75)66-63-60-57-54-51-48-45-30-27-24-21-18-15-12-9-6-3)80-74(77)68-65-62-59-56-53-50-47-44-41-32-29-26-23-20-17-14-11-8-5-2/h7,10,16,19,25,28,30,33-34,36-37,39-40,43,45-46,71H,4-6,8-9,11-15,17-18,20-24,26-27,29,31-32,35,38,41-42,44,47-70H2,1-3H3/b10-7-,19-16-,28-25-,34-33-,37-36-,40-39-,45-30-,46-43-. The van der Waals surface area contributed by atoms with E-state index in [0.717, 1.165) is 128 Å². The Kier molecular flexibility index (Phi) is 64.7. The smallest absolute Gasteiger partial charge is 0.306 e. The molecule has 0 saturated heterocycles. The van der Waals surface area contributed by atoms with E-state index in [9.17, 15) is 14.4 Å². The summed E-state index contributed by atoms with van der Waals surface area (Å²) in [5.41, 5.74) is 0. The van der Waals surface area contributed by atoms with Crippen molar-refractivity contribution in [2.45, 2.75) is 341 Å². The number of unbranched alkanes of at least 4 members (excludes halogenated alkanes) is 35. The van der Waals surface area contributed by atoms with E-state index >= 15 is 0 Å². The van der Waals surface area contributed by atoms with E-state index in [1.807, 2.05) is 0 Å². The first-order valence-corrected chi connectivity index (χ1v) is 34.2. The Bertz CT molecular complexity index is 1560. The quantitative estimate of drug-likeness (QED) is 0.0261. The summed E-state index contributed by atoms with van der Waals surface area (Å²) >= 11 is 0. The second kappa shape index (κ2) is 67.8. The van der Waals surface area contributed by atoms with Gasteiger partial charge in [0.2, 0.25) is 0 Å². The number of ether oxygens (including phenoxy) is 3. The maximum atomic E-state index is 12.9. The predicted molar refractivity (Wildman–Crippen MR) is 348 cm³/mol. The highest BCUT2D eigenvalue weighted by Gasteiger charge is 2.19. The van der Waals surface area contributed by atoms with Crippen LogP contribution in [0.15, 0.2) is 97.2 Å². The lowest BCUT2D eigenvalue weighted by molar-refractivity contribution is -0.167. The van der Waals surface area contributed by atoms with Gasteiger partial charge >= 0.3 is 17.9 Å². The summed E-state index contributed by atoms with van der Waals surface area (Å²) in [4.78, 5) is 38.4. The molecule has 0 N–H and O–H groups in total. The third kappa shape index (κ3) is 65.1. The topological polar surface area (TPSA) is 78.9 Å². The molecule has 0 aliphatic heterocycles. The molecule has 0 aromatic carbocycles. The Morgan fingerprint density at radius 3 is 0.775 bits per heavy atom. The van der Waals surface area contributed by atoms with Crippen LogP contribution in [0, 0.1) is 0 Å². The lowest BCUT2D eigenvalue weighted by Gasteiger charge is -2.18. The van der Waals surface area contributed by atoms with Crippen molar-refractivity contribution in [3.05, 3.63) is 97.2 Å². The number of hydrogen-bond donors (Lipinski definition) is 0. The minimum atomic E-state index is -0.790. The molecular weight excluding hydrogens is 985 g/mol. The summed E-state index contributed by atoms with van der Waals surface area (Å²) in [5.74, 6) is -0.896. The molecule has 0 amide bonds. The second-order valence-electron chi connectivity index (χ2n) is 22.7. The summed E-state index contributed by atoms with van der Waals surface area (Å²) in [5, 5.41) is 0. The maximum absolute atomic E-state index is 12.9. The van der Waals surface area contributed by atoms with Crippen LogP contribution in [-0.2, 0) is 28.6 Å². The van der Waals surface area contributed by atoms with Gasteiger partial charge in [-0.3, -0.25) is 14.4 Å². The van der Waals surface area contributed by atoms with Gasteiger partial charge in [0.1, 0.15) is 13.2 Å². The van der Waals surface area contributed by atoms with Crippen LogP contribution in [0.5, 0.6) is 0 Å². The molecule has 0 aromatic heterocycles. The highest BCUT2D eigenvalue weighted by atomic mass is 16.6. The van der Waals surface area contributed by atoms with E-state index in [2.05, 4.69) is 118 Å². The van der Waals surface area contributed by atoms with Crippen molar-refractivity contribution < 1.29 is 28.6 Å². The molecule has 6 nitrogen and oxygen atoms in total. The molecule has 0 aliphatic rings. The van der Waals surface area contributed by atoms with Gasteiger partial charge < -0.3 is 14.2 Å². The maximum Gasteiger partial charge on any atom is 0.306 e. The summed E-state index contributed by atoms with van der Waals surface area (Å²) in [6.07, 6.45) is 91.3. The molecule has 0 rings (SSSR count). The van der Waals surface area contributed by atoms with Crippen LogP contribution in [0.2, 0.25) is 0 Å². The molecule has 0 heterocycles. The minimum absolute atomic E-state index is 0.0852. The molecule has 1 unspecified atom stereocenters. The molecule has 0 bridgehead atoms. The Morgan fingerprint density at radius 1 is 0.263 bits per heavy atom. The van der Waals surface area contributed by atoms with Crippen LogP contribution in [-0.4, -0.2) is 37.2 Å². The highest BCUT2D eigenvalue weighted by molar-refractivity contribution is 5.71. The number of hydrogen-bond acceptors (Lipinski definition) is 6. The van der Waals surface area contributed by atoms with Crippen molar-refractivity contribution in [1.82, 2.24) is 0 Å². The Hall–Kier alpha value is -3.67. The number of carbonyl (C=O) groups is 3. The van der Waals surface area contributed by atoms with Gasteiger partial charge in [-0.05, 0) is 103 Å². The molecule has 0 aliphatic carbocycles. The molecule has 0 saturated carbocycles. The number of allylic oxidation sites excluding steroid dienone is 16. The Morgan fingerprint density at radius 2 is 0.487 bits per heavy atom. The number of rotatable bonds is 62. The van der Waals surface area contributed by atoms with E-state index in [4.69, 9.17) is 14.2 Å². The normalized spacial score (nSPS) is 12.7. The minimum Gasteiger partial charge on any atom is -0.462 e. The highest BCUT2D eigenvalue weighted by Crippen LogP contribution is 2.17. The van der Waals surface area contributed by atoms with E-state index < -0.39 is 6.10 Å². The fraction of sp³-hybridized carbons (Fsp3) is 0.743. The van der Waals surface area contributed by atoms with Crippen molar-refractivity contribution in [1.29, 1.82) is 0 Å². The summed E-state index contributed by atoms with van der Waals surface area (Å²) in [6, 6.07) is 0. The van der Waals surface area contributed by atoms with Crippen molar-refractivity contribution in [3.8, 4) is 0 Å². The average molecular weight is 1110 g/mol. The molecule has 0 spiro atoms. The molecule has 80 heavy (non-hydrogen) atoms. The van der Waals surface area contributed by atoms with Crippen molar-refractivity contribution >= 4 is 17.9 Å². The van der Waals surface area contributed by atoms with Crippen molar-refractivity contribution in [3.63, 3.8) is 0 Å². The molecule has 0 aromatic rings. The van der Waals surface area contributed by atoms with Gasteiger partial charge in [-0.15, -0.1) is 0 Å². The summed E-state index contributed by atoms with van der Waals surface area (Å²) in [7, 11) is 0. The molecule has 6 heteroatoms. The van der Waals surface area contributed by atoms with Gasteiger partial charge in [0.05, 0.1) is 0 Å². The molecule has 1 atom stereocenters. The Labute approximate surface area is 496 Å². The summed E-state index contributed by atoms with van der Waals surface area (Å²) < 4.78 is 17.0. The SMILES string of the molecule is CC/C=C\C/C=C\C/C=C\C/C=C\C/C=C\C/C=C\C/C=C\CCCCCCCC(=O)OCC(COC(=O)CCCCCCC/C=C\CCCCCCCCC)OC(=O)CCCCCCCCCCCCCCCCCCCCC. The van der Waals surface area contributed by atoms with Crippen LogP contribution in [0.4, 0.5) is 0 Å². The third-order valence-electron chi connectivity index (χ3n) is 14.8. The van der Waals surface area contributed by atoms with Gasteiger partial charge in [0.25, 0.3) is 0 Å². The van der Waals surface area contributed by atoms with Gasteiger partial charge in [-0.2, -0.15) is 0 Å². The first kappa shape index (κ1) is 76.3. The van der Waals surface area contributed by atoms with Crippen LogP contribution in [0.1, 0.15) is 335 Å². The lowest BCUT2D eigenvalue weighted by Crippen LogP contribution is -2.30. The zero-order chi connectivity index (χ0) is 57.8. The van der Waals surface area contributed by atoms with E-state index in [-0.39, 0.29) is 31.1 Å². The van der Waals surface area contributed by atoms with Crippen LogP contribution >= 0.6 is 0 Å². The first-order valence-electron chi connectivity index (χ1n) is 34.2. The van der Waals surface area contributed by atoms with Crippen molar-refractivity contribution in [2.75, 3.05) is 13.2 Å². The monoisotopic (exact) mass is 1110 g/mol. The van der Waals surface area contributed by atoms with Crippen molar-refractivity contribution in [2.24, 2.45) is 0 Å². The van der Waals surface area contributed by atoms with Crippen LogP contribution in [0.3, 0.4) is 0 Å². The van der Waals surface area contributed by atoms with E-state index in [0.29, 0.717) is 19.3 Å². The van der Waals surface area contributed by atoms with Gasteiger partial charge in [-0.1, -0.05) is 311 Å². The number of esters is 3. The lowest BCUT2D eigenvalue weighted by atomic mass is 10.0. The summed E-state index contributed by atoms with van der Waals surface area (Å²) in [6.45, 7) is 6.54. The predicted octanol–water partition coefficient (Wildman–Crippen LogP) is 23.6. The molecule has 460 valence electrons. The molecular formula is C74H128O6.